The summed E-state index contributed by atoms with van der Waals surface area (Å²) >= 11 is 0. The SMILES string of the molecule is CCCNC(Cc1ccn(C2CCCC2)n1)CC(C)(C)C. The van der Waals surface area contributed by atoms with Crippen LogP contribution in [0.1, 0.15) is 78.0 Å². The number of hydrogen-bond donors (Lipinski definition) is 1. The number of hydrogen-bond acceptors (Lipinski definition) is 2. The molecule has 0 radical (unpaired) electrons. The van der Waals surface area contributed by atoms with Crippen LogP contribution in [0.2, 0.25) is 0 Å². The standard InChI is InChI=1S/C18H33N3/c1-5-11-19-16(14-18(2,3)4)13-15-10-12-21(20-15)17-8-6-7-9-17/h10,12,16-17,19H,5-9,11,13-14H2,1-4H3. The van der Waals surface area contributed by atoms with E-state index in [2.05, 4.69) is 50.0 Å². The van der Waals surface area contributed by atoms with Crippen LogP contribution in [0.25, 0.3) is 0 Å². The molecule has 1 atom stereocenters. The second-order valence-corrected chi connectivity index (χ2v) is 7.85. The fourth-order valence-electron chi connectivity index (χ4n) is 3.42. The molecule has 1 unspecified atom stereocenters. The van der Waals surface area contributed by atoms with Crippen LogP contribution >= 0.6 is 0 Å². The van der Waals surface area contributed by atoms with Gasteiger partial charge in [0.1, 0.15) is 0 Å². The second-order valence-electron chi connectivity index (χ2n) is 7.85. The lowest BCUT2D eigenvalue weighted by molar-refractivity contribution is 0.305. The van der Waals surface area contributed by atoms with Crippen LogP contribution in [0.4, 0.5) is 0 Å². The van der Waals surface area contributed by atoms with Gasteiger partial charge in [0.25, 0.3) is 0 Å². The minimum Gasteiger partial charge on any atom is -0.314 e. The summed E-state index contributed by atoms with van der Waals surface area (Å²) in [7, 11) is 0. The maximum absolute atomic E-state index is 4.85. The fraction of sp³-hybridized carbons (Fsp3) is 0.833. The first-order chi connectivity index (χ1) is 9.98. The highest BCUT2D eigenvalue weighted by Gasteiger charge is 2.21. The Morgan fingerprint density at radius 3 is 2.67 bits per heavy atom. The summed E-state index contributed by atoms with van der Waals surface area (Å²) < 4.78 is 2.22. The van der Waals surface area contributed by atoms with Crippen LogP contribution in [0.15, 0.2) is 12.3 Å². The van der Waals surface area contributed by atoms with Crippen LogP contribution < -0.4 is 5.32 Å². The molecule has 1 aliphatic carbocycles. The lowest BCUT2D eigenvalue weighted by atomic mass is 9.86. The first kappa shape index (κ1) is 16.5. The minimum absolute atomic E-state index is 0.361. The Morgan fingerprint density at radius 2 is 2.05 bits per heavy atom. The third-order valence-corrected chi connectivity index (χ3v) is 4.36. The van der Waals surface area contributed by atoms with Gasteiger partial charge in [0.15, 0.2) is 0 Å². The van der Waals surface area contributed by atoms with E-state index in [1.54, 1.807) is 0 Å². The van der Waals surface area contributed by atoms with Crippen LogP contribution in [-0.2, 0) is 6.42 Å². The van der Waals surface area contributed by atoms with Gasteiger partial charge in [0.05, 0.1) is 11.7 Å². The molecule has 0 spiro atoms. The number of aromatic nitrogens is 2. The molecule has 2 rings (SSSR count). The maximum Gasteiger partial charge on any atom is 0.0640 e. The van der Waals surface area contributed by atoms with Crippen molar-refractivity contribution in [3.05, 3.63) is 18.0 Å². The molecule has 3 heteroatoms. The Hall–Kier alpha value is -0.830. The van der Waals surface area contributed by atoms with Crippen LogP contribution in [0, 0.1) is 5.41 Å². The summed E-state index contributed by atoms with van der Waals surface area (Å²) in [6.45, 7) is 10.3. The predicted octanol–water partition coefficient (Wildman–Crippen LogP) is 4.35. The zero-order valence-electron chi connectivity index (χ0n) is 14.4. The smallest absolute Gasteiger partial charge is 0.0640 e. The number of nitrogens with zero attached hydrogens (tertiary/aromatic N) is 2. The second kappa shape index (κ2) is 7.44. The largest absolute Gasteiger partial charge is 0.314 e. The topological polar surface area (TPSA) is 29.9 Å². The Kier molecular flexibility index (Phi) is 5.86. The van der Waals surface area contributed by atoms with Gasteiger partial charge in [-0.25, -0.2) is 0 Å². The molecular formula is C18H33N3. The monoisotopic (exact) mass is 291 g/mol. The molecule has 0 bridgehead atoms. The molecule has 1 aromatic rings. The average molecular weight is 291 g/mol. The molecule has 1 N–H and O–H groups in total. The van der Waals surface area contributed by atoms with Crippen molar-refractivity contribution < 1.29 is 0 Å². The molecule has 0 aliphatic heterocycles. The lowest BCUT2D eigenvalue weighted by Gasteiger charge is -2.26. The highest BCUT2D eigenvalue weighted by molar-refractivity contribution is 5.03. The van der Waals surface area contributed by atoms with Crippen LogP contribution in [0.3, 0.4) is 0 Å². The quantitative estimate of drug-likeness (QED) is 0.809. The zero-order valence-corrected chi connectivity index (χ0v) is 14.4. The van der Waals surface area contributed by atoms with Crippen molar-refractivity contribution in [2.45, 2.75) is 84.7 Å². The highest BCUT2D eigenvalue weighted by atomic mass is 15.3. The Morgan fingerprint density at radius 1 is 1.33 bits per heavy atom. The summed E-state index contributed by atoms with van der Waals surface area (Å²) in [5.74, 6) is 0. The van der Waals surface area contributed by atoms with E-state index in [0.717, 1.165) is 13.0 Å². The van der Waals surface area contributed by atoms with E-state index in [0.29, 0.717) is 17.5 Å². The van der Waals surface area contributed by atoms with E-state index < -0.39 is 0 Å². The molecule has 0 aromatic carbocycles. The molecule has 1 aliphatic rings. The van der Waals surface area contributed by atoms with Gasteiger partial charge in [-0.3, -0.25) is 4.68 Å². The zero-order chi connectivity index (χ0) is 15.3. The molecular weight excluding hydrogens is 258 g/mol. The normalized spacial score (nSPS) is 18.3. The summed E-state index contributed by atoms with van der Waals surface area (Å²) in [4.78, 5) is 0. The van der Waals surface area contributed by atoms with Crippen LogP contribution in [0.5, 0.6) is 0 Å². The molecule has 0 saturated heterocycles. The van der Waals surface area contributed by atoms with Gasteiger partial charge in [-0.15, -0.1) is 0 Å². The van der Waals surface area contributed by atoms with Crippen molar-refractivity contribution in [1.82, 2.24) is 15.1 Å². The molecule has 3 nitrogen and oxygen atoms in total. The third kappa shape index (κ3) is 5.46. The minimum atomic E-state index is 0.361. The van der Waals surface area contributed by atoms with E-state index in [4.69, 9.17) is 5.10 Å². The van der Waals surface area contributed by atoms with E-state index >= 15 is 0 Å². The Balaban J connectivity index is 1.95. The van der Waals surface area contributed by atoms with E-state index in [1.165, 1.54) is 44.2 Å². The predicted molar refractivity (Wildman–Crippen MR) is 89.6 cm³/mol. The van der Waals surface area contributed by atoms with Gasteiger partial charge in [0.2, 0.25) is 0 Å². The van der Waals surface area contributed by atoms with Crippen molar-refractivity contribution in [3.63, 3.8) is 0 Å². The molecule has 1 fully saturated rings. The Bertz CT molecular complexity index is 410. The fourth-order valence-corrected chi connectivity index (χ4v) is 3.42. The molecule has 120 valence electrons. The van der Waals surface area contributed by atoms with Crippen LogP contribution in [-0.4, -0.2) is 22.4 Å². The van der Waals surface area contributed by atoms with Gasteiger partial charge in [-0.2, -0.15) is 5.10 Å². The average Bonchev–Trinajstić information content (AvgIpc) is 3.04. The van der Waals surface area contributed by atoms with Crippen molar-refractivity contribution >= 4 is 0 Å². The third-order valence-electron chi connectivity index (χ3n) is 4.36. The summed E-state index contributed by atoms with van der Waals surface area (Å²) in [5, 5.41) is 8.55. The van der Waals surface area contributed by atoms with E-state index in [9.17, 15) is 0 Å². The molecule has 1 aromatic heterocycles. The molecule has 0 amide bonds. The lowest BCUT2D eigenvalue weighted by Crippen LogP contribution is -2.35. The molecule has 1 saturated carbocycles. The van der Waals surface area contributed by atoms with E-state index in [-0.39, 0.29) is 0 Å². The first-order valence-corrected chi connectivity index (χ1v) is 8.75. The van der Waals surface area contributed by atoms with Gasteiger partial charge >= 0.3 is 0 Å². The van der Waals surface area contributed by atoms with Crippen molar-refractivity contribution in [3.8, 4) is 0 Å². The van der Waals surface area contributed by atoms with Gasteiger partial charge < -0.3 is 5.32 Å². The molecule has 1 heterocycles. The van der Waals surface area contributed by atoms with Crippen molar-refractivity contribution in [2.75, 3.05) is 6.54 Å². The van der Waals surface area contributed by atoms with E-state index in [1.807, 2.05) is 0 Å². The Labute approximate surface area is 130 Å². The highest BCUT2D eigenvalue weighted by Crippen LogP contribution is 2.29. The number of rotatable bonds is 7. The van der Waals surface area contributed by atoms with Crippen molar-refractivity contribution in [2.24, 2.45) is 5.41 Å². The summed E-state index contributed by atoms with van der Waals surface area (Å²) in [5.41, 5.74) is 1.61. The van der Waals surface area contributed by atoms with Gasteiger partial charge in [0, 0.05) is 18.7 Å². The number of nitrogens with one attached hydrogen (secondary N) is 1. The molecule has 21 heavy (non-hydrogen) atoms. The van der Waals surface area contributed by atoms with Crippen molar-refractivity contribution in [1.29, 1.82) is 0 Å². The van der Waals surface area contributed by atoms with Gasteiger partial charge in [-0.05, 0) is 43.7 Å². The summed E-state index contributed by atoms with van der Waals surface area (Å²) in [6, 6.07) is 3.42. The maximum atomic E-state index is 4.85. The first-order valence-electron chi connectivity index (χ1n) is 8.75. The van der Waals surface area contributed by atoms with Gasteiger partial charge in [-0.1, -0.05) is 40.5 Å². The summed E-state index contributed by atoms with van der Waals surface area (Å²) in [6.07, 6.45) is 11.0.